The van der Waals surface area contributed by atoms with Crippen molar-refractivity contribution >= 4 is 46.6 Å². The van der Waals surface area contributed by atoms with E-state index < -0.39 is 45.3 Å². The van der Waals surface area contributed by atoms with Crippen LogP contribution >= 0.6 is 23.2 Å². The lowest BCUT2D eigenvalue weighted by Crippen LogP contribution is -2.57. The SMILES string of the molecule is Cc1cccc(Oc2ccc(NC(=O)[C@H](Cc3ccccc3)N3C(=O)[C@@H]4[C@@H](C3=O)C3(Cl)c5ccccc5C4(Cl)c4ccccc43)cc2)c1C. The molecule has 1 heterocycles. The Hall–Kier alpha value is -4.91. The third-order valence-electron chi connectivity index (χ3n) is 10.4. The summed E-state index contributed by atoms with van der Waals surface area (Å²) in [6, 6.07) is 36.1. The molecular formula is C41H32Cl2N2O4. The van der Waals surface area contributed by atoms with Crippen molar-refractivity contribution in [3.8, 4) is 11.5 Å². The maximum atomic E-state index is 14.7. The molecule has 9 rings (SSSR count). The van der Waals surface area contributed by atoms with Crippen LogP contribution in [0, 0.1) is 25.7 Å². The topological polar surface area (TPSA) is 75.7 Å². The summed E-state index contributed by atoms with van der Waals surface area (Å²) >= 11 is 15.3. The summed E-state index contributed by atoms with van der Waals surface area (Å²) in [5.74, 6) is -2.16. The summed E-state index contributed by atoms with van der Waals surface area (Å²) in [5.41, 5.74) is 6.30. The number of rotatable bonds is 7. The Balaban J connectivity index is 1.15. The molecule has 3 atom stereocenters. The number of ether oxygens (including phenoxy) is 1. The van der Waals surface area contributed by atoms with Crippen LogP contribution in [0.3, 0.4) is 0 Å². The molecular weight excluding hydrogens is 655 g/mol. The van der Waals surface area contributed by atoms with Crippen LogP contribution in [0.25, 0.3) is 0 Å². The lowest BCUT2D eigenvalue weighted by Gasteiger charge is -2.54. The molecule has 2 bridgehead atoms. The number of aryl methyl sites for hydroxylation is 1. The van der Waals surface area contributed by atoms with Crippen molar-refractivity contribution < 1.29 is 19.1 Å². The summed E-state index contributed by atoms with van der Waals surface area (Å²) in [7, 11) is 0. The van der Waals surface area contributed by atoms with Gasteiger partial charge in [-0.3, -0.25) is 19.3 Å². The minimum atomic E-state index is -1.34. The van der Waals surface area contributed by atoms with Gasteiger partial charge in [0.1, 0.15) is 27.3 Å². The molecule has 49 heavy (non-hydrogen) atoms. The van der Waals surface area contributed by atoms with Crippen LogP contribution in [0.4, 0.5) is 5.69 Å². The molecule has 0 aromatic heterocycles. The fraction of sp³-hybridized carbons (Fsp3) is 0.195. The summed E-state index contributed by atoms with van der Waals surface area (Å²) in [6.45, 7) is 4.03. The second-order valence-corrected chi connectivity index (χ2v) is 14.2. The fourth-order valence-corrected chi connectivity index (χ4v) is 9.03. The van der Waals surface area contributed by atoms with Gasteiger partial charge in [-0.25, -0.2) is 0 Å². The zero-order valence-electron chi connectivity index (χ0n) is 26.8. The number of amides is 3. The minimum Gasteiger partial charge on any atom is -0.457 e. The highest BCUT2D eigenvalue weighted by molar-refractivity contribution is 6.36. The number of carbonyl (C=O) groups is 3. The van der Waals surface area contributed by atoms with Crippen LogP contribution in [0.2, 0.25) is 0 Å². The molecule has 0 radical (unpaired) electrons. The predicted molar refractivity (Wildman–Crippen MR) is 190 cm³/mol. The number of carbonyl (C=O) groups excluding carboxylic acids is 3. The summed E-state index contributed by atoms with van der Waals surface area (Å²) in [5, 5.41) is 2.96. The second kappa shape index (κ2) is 11.6. The first-order chi connectivity index (χ1) is 23.6. The van der Waals surface area contributed by atoms with Gasteiger partial charge in [0.15, 0.2) is 0 Å². The first-order valence-electron chi connectivity index (χ1n) is 16.3. The number of nitrogens with zero attached hydrogens (tertiary/aromatic N) is 1. The van der Waals surface area contributed by atoms with Crippen LogP contribution in [-0.2, 0) is 30.6 Å². The monoisotopic (exact) mass is 686 g/mol. The molecule has 244 valence electrons. The van der Waals surface area contributed by atoms with E-state index in [1.54, 1.807) is 24.3 Å². The number of anilines is 1. The number of hydrogen-bond donors (Lipinski definition) is 1. The van der Waals surface area contributed by atoms with Crippen molar-refractivity contribution in [3.05, 3.63) is 160 Å². The van der Waals surface area contributed by atoms with E-state index in [0.717, 1.165) is 27.3 Å². The quantitative estimate of drug-likeness (QED) is 0.138. The van der Waals surface area contributed by atoms with Gasteiger partial charge in [-0.1, -0.05) is 91.0 Å². The molecule has 0 spiro atoms. The lowest BCUT2D eigenvalue weighted by atomic mass is 9.54. The molecule has 5 aromatic carbocycles. The molecule has 3 aliphatic carbocycles. The number of halogens is 2. The molecule has 1 fully saturated rings. The smallest absolute Gasteiger partial charge is 0.248 e. The summed E-state index contributed by atoms with van der Waals surface area (Å²) < 4.78 is 6.10. The normalized spacial score (nSPS) is 23.8. The van der Waals surface area contributed by atoms with E-state index in [1.165, 1.54) is 0 Å². The van der Waals surface area contributed by atoms with Gasteiger partial charge >= 0.3 is 0 Å². The van der Waals surface area contributed by atoms with E-state index in [1.807, 2.05) is 111 Å². The van der Waals surface area contributed by atoms with Gasteiger partial charge < -0.3 is 10.1 Å². The molecule has 1 aliphatic heterocycles. The van der Waals surface area contributed by atoms with E-state index in [0.29, 0.717) is 33.7 Å². The standard InChI is InChI=1S/C41H32Cl2N2O4/c1-24-11-10-18-34(25(24)2)49-28-21-19-27(20-22-28)44-37(46)33(23-26-12-4-3-5-13-26)45-38(47)35-36(39(45)48)41(43)30-15-7-6-14-29(30)40(35,42)31-16-8-9-17-32(31)41/h3-22,33,35-36H,23H2,1-2H3,(H,44,46)/t33-,35-,36-,40?,41?/m0/s1. The van der Waals surface area contributed by atoms with Gasteiger partial charge in [0, 0.05) is 12.1 Å². The number of hydrogen-bond acceptors (Lipinski definition) is 4. The van der Waals surface area contributed by atoms with Crippen LogP contribution in [0.5, 0.6) is 11.5 Å². The number of imide groups is 1. The Morgan fingerprint density at radius 2 is 1.22 bits per heavy atom. The van der Waals surface area contributed by atoms with Gasteiger partial charge in [-0.15, -0.1) is 23.2 Å². The Morgan fingerprint density at radius 3 is 1.76 bits per heavy atom. The van der Waals surface area contributed by atoms with Crippen LogP contribution in [-0.4, -0.2) is 28.7 Å². The number of nitrogens with one attached hydrogen (secondary N) is 1. The zero-order chi connectivity index (χ0) is 34.1. The van der Waals surface area contributed by atoms with E-state index in [4.69, 9.17) is 27.9 Å². The molecule has 1 N–H and O–H groups in total. The Morgan fingerprint density at radius 1 is 0.714 bits per heavy atom. The first-order valence-corrected chi connectivity index (χ1v) is 17.0. The van der Waals surface area contributed by atoms with Gasteiger partial charge in [0.25, 0.3) is 0 Å². The van der Waals surface area contributed by atoms with Crippen molar-refractivity contribution in [3.63, 3.8) is 0 Å². The Labute approximate surface area is 294 Å². The van der Waals surface area contributed by atoms with Crippen LogP contribution in [0.1, 0.15) is 38.9 Å². The molecule has 3 amide bonds. The van der Waals surface area contributed by atoms with Crippen LogP contribution < -0.4 is 10.1 Å². The van der Waals surface area contributed by atoms with Crippen molar-refractivity contribution in [1.29, 1.82) is 0 Å². The maximum Gasteiger partial charge on any atom is 0.248 e. The van der Waals surface area contributed by atoms with Gasteiger partial charge in [0.2, 0.25) is 17.7 Å². The van der Waals surface area contributed by atoms with Crippen molar-refractivity contribution in [1.82, 2.24) is 4.90 Å². The second-order valence-electron chi connectivity index (χ2n) is 13.0. The molecule has 0 unspecified atom stereocenters. The highest BCUT2D eigenvalue weighted by atomic mass is 35.5. The molecule has 1 saturated heterocycles. The van der Waals surface area contributed by atoms with Crippen molar-refractivity contribution in [2.24, 2.45) is 11.8 Å². The maximum absolute atomic E-state index is 14.7. The molecule has 6 nitrogen and oxygen atoms in total. The summed E-state index contributed by atoms with van der Waals surface area (Å²) in [6.07, 6.45) is 0.113. The largest absolute Gasteiger partial charge is 0.457 e. The average molecular weight is 688 g/mol. The number of benzene rings is 5. The van der Waals surface area contributed by atoms with E-state index in [-0.39, 0.29) is 6.42 Å². The summed E-state index contributed by atoms with van der Waals surface area (Å²) in [4.78, 5) is 42.2. The fourth-order valence-electron chi connectivity index (χ4n) is 7.93. The van der Waals surface area contributed by atoms with Crippen LogP contribution in [0.15, 0.2) is 121 Å². The minimum absolute atomic E-state index is 0.113. The highest BCUT2D eigenvalue weighted by Crippen LogP contribution is 2.69. The number of alkyl halides is 2. The predicted octanol–water partition coefficient (Wildman–Crippen LogP) is 8.24. The molecule has 4 aliphatic rings. The van der Waals surface area contributed by atoms with E-state index in [9.17, 15) is 14.4 Å². The number of likely N-dealkylation sites (tertiary alicyclic amines) is 1. The first kappa shape index (κ1) is 31.4. The molecule has 5 aromatic rings. The average Bonchev–Trinajstić information content (AvgIpc) is 3.39. The third-order valence-corrected chi connectivity index (χ3v) is 11.7. The van der Waals surface area contributed by atoms with E-state index in [2.05, 4.69) is 5.32 Å². The van der Waals surface area contributed by atoms with Gasteiger partial charge in [0.05, 0.1) is 11.8 Å². The van der Waals surface area contributed by atoms with Gasteiger partial charge in [-0.2, -0.15) is 0 Å². The van der Waals surface area contributed by atoms with Gasteiger partial charge in [-0.05, 0) is 83.1 Å². The zero-order valence-corrected chi connectivity index (χ0v) is 28.3. The highest BCUT2D eigenvalue weighted by Gasteiger charge is 2.73. The van der Waals surface area contributed by atoms with E-state index >= 15 is 0 Å². The lowest BCUT2D eigenvalue weighted by molar-refractivity contribution is -0.146. The van der Waals surface area contributed by atoms with Crippen molar-refractivity contribution in [2.45, 2.75) is 36.1 Å². The molecule has 0 saturated carbocycles. The molecule has 8 heteroatoms. The Bertz CT molecular complexity index is 2030. The van der Waals surface area contributed by atoms with Crippen molar-refractivity contribution in [2.75, 3.05) is 5.32 Å². The third kappa shape index (κ3) is 4.65. The Kier molecular flexibility index (Phi) is 7.43.